The smallest absolute Gasteiger partial charge is 0.259 e. The molecule has 0 saturated heterocycles. The van der Waals surface area contributed by atoms with Gasteiger partial charge in [-0.15, -0.1) is 0 Å². The summed E-state index contributed by atoms with van der Waals surface area (Å²) >= 11 is 0. The zero-order valence-electron chi connectivity index (χ0n) is 13.8. The predicted molar refractivity (Wildman–Crippen MR) is 95.6 cm³/mol. The van der Waals surface area contributed by atoms with Crippen LogP contribution < -0.4 is 10.7 Å². The van der Waals surface area contributed by atoms with E-state index in [0.29, 0.717) is 0 Å². The lowest BCUT2D eigenvalue weighted by molar-refractivity contribution is -0.119. The highest BCUT2D eigenvalue weighted by molar-refractivity contribution is 6.02. The lowest BCUT2D eigenvalue weighted by Crippen LogP contribution is -2.28. The summed E-state index contributed by atoms with van der Waals surface area (Å²) in [5, 5.41) is 7.43. The molecule has 0 saturated carbocycles. The molecule has 0 fully saturated rings. The van der Waals surface area contributed by atoms with E-state index in [2.05, 4.69) is 29.7 Å². The maximum absolute atomic E-state index is 12.0. The molecule has 0 bridgehead atoms. The van der Waals surface area contributed by atoms with Gasteiger partial charge < -0.3 is 5.32 Å². The third-order valence-corrected chi connectivity index (χ3v) is 3.50. The van der Waals surface area contributed by atoms with E-state index < -0.39 is 0 Å². The Morgan fingerprint density at radius 2 is 1.70 bits per heavy atom. The van der Waals surface area contributed by atoms with Crippen LogP contribution in [0.5, 0.6) is 0 Å². The Morgan fingerprint density at radius 3 is 2.35 bits per heavy atom. The van der Waals surface area contributed by atoms with Crippen molar-refractivity contribution in [2.45, 2.75) is 20.8 Å². The molecular formula is C19H23N3O. The third-order valence-electron chi connectivity index (χ3n) is 3.50. The molecule has 2 aromatic carbocycles. The number of carbonyl (C=O) groups excluding carboxylic acids is 1. The van der Waals surface area contributed by atoms with Crippen LogP contribution in [0.4, 0.5) is 5.69 Å². The van der Waals surface area contributed by atoms with Crippen molar-refractivity contribution in [1.29, 1.82) is 0 Å². The van der Waals surface area contributed by atoms with Crippen molar-refractivity contribution in [3.05, 3.63) is 65.7 Å². The molecule has 2 aromatic rings. The van der Waals surface area contributed by atoms with Crippen LogP contribution in [0.3, 0.4) is 0 Å². The number of para-hydroxylation sites is 1. The molecule has 0 aromatic heterocycles. The van der Waals surface area contributed by atoms with Crippen molar-refractivity contribution >= 4 is 17.3 Å². The van der Waals surface area contributed by atoms with Crippen molar-refractivity contribution in [1.82, 2.24) is 5.43 Å². The standard InChI is InChI=1S/C19H23N3O/c1-14(2)19(16-10-5-4-6-11-16)22-21-18(23)13-20-17-12-8-7-9-15(17)3/h4-12,14,20H,13H2,1-3H3,(H,21,23)/b22-19-. The molecule has 0 spiro atoms. The zero-order chi connectivity index (χ0) is 16.7. The number of hydrogen-bond donors (Lipinski definition) is 2. The number of rotatable bonds is 6. The summed E-state index contributed by atoms with van der Waals surface area (Å²) in [7, 11) is 0. The van der Waals surface area contributed by atoms with Gasteiger partial charge in [-0.1, -0.05) is 62.4 Å². The number of hydrogen-bond acceptors (Lipinski definition) is 3. The number of nitrogens with one attached hydrogen (secondary N) is 2. The maximum atomic E-state index is 12.0. The highest BCUT2D eigenvalue weighted by Crippen LogP contribution is 2.12. The lowest BCUT2D eigenvalue weighted by Gasteiger charge is -2.11. The van der Waals surface area contributed by atoms with Crippen LogP contribution in [-0.4, -0.2) is 18.2 Å². The van der Waals surface area contributed by atoms with Crippen molar-refractivity contribution in [2.24, 2.45) is 11.0 Å². The summed E-state index contributed by atoms with van der Waals surface area (Å²) in [6.45, 7) is 6.31. The van der Waals surface area contributed by atoms with Crippen LogP contribution in [-0.2, 0) is 4.79 Å². The third kappa shape index (κ3) is 4.95. The van der Waals surface area contributed by atoms with Crippen molar-refractivity contribution in [2.75, 3.05) is 11.9 Å². The quantitative estimate of drug-likeness (QED) is 0.633. The normalized spacial score (nSPS) is 11.4. The van der Waals surface area contributed by atoms with Crippen molar-refractivity contribution < 1.29 is 4.79 Å². The average molecular weight is 309 g/mol. The molecule has 2 N–H and O–H groups in total. The lowest BCUT2D eigenvalue weighted by atomic mass is 10.0. The summed E-state index contributed by atoms with van der Waals surface area (Å²) in [6, 6.07) is 17.8. The Kier molecular flexibility index (Phi) is 5.92. The molecule has 0 aliphatic rings. The largest absolute Gasteiger partial charge is 0.376 e. The molecule has 23 heavy (non-hydrogen) atoms. The Balaban J connectivity index is 1.97. The van der Waals surface area contributed by atoms with Gasteiger partial charge in [0.05, 0.1) is 12.3 Å². The first-order chi connectivity index (χ1) is 11.1. The predicted octanol–water partition coefficient (Wildman–Crippen LogP) is 3.58. The molecular weight excluding hydrogens is 286 g/mol. The minimum absolute atomic E-state index is 0.165. The van der Waals surface area contributed by atoms with Crippen LogP contribution in [0.2, 0.25) is 0 Å². The molecule has 2 rings (SSSR count). The van der Waals surface area contributed by atoms with Gasteiger partial charge >= 0.3 is 0 Å². The topological polar surface area (TPSA) is 53.5 Å². The van der Waals surface area contributed by atoms with Gasteiger partial charge in [-0.05, 0) is 30.0 Å². The van der Waals surface area contributed by atoms with E-state index >= 15 is 0 Å². The van der Waals surface area contributed by atoms with Gasteiger partial charge in [0.25, 0.3) is 5.91 Å². The first-order valence-electron chi connectivity index (χ1n) is 7.79. The molecule has 4 heteroatoms. The minimum Gasteiger partial charge on any atom is -0.376 e. The molecule has 0 atom stereocenters. The van der Waals surface area contributed by atoms with Crippen LogP contribution in [0.25, 0.3) is 0 Å². The number of nitrogens with zero attached hydrogens (tertiary/aromatic N) is 1. The van der Waals surface area contributed by atoms with Gasteiger partial charge in [-0.2, -0.15) is 5.10 Å². The van der Waals surface area contributed by atoms with Crippen LogP contribution in [0, 0.1) is 12.8 Å². The highest BCUT2D eigenvalue weighted by Gasteiger charge is 2.09. The summed E-state index contributed by atoms with van der Waals surface area (Å²) < 4.78 is 0. The summed E-state index contributed by atoms with van der Waals surface area (Å²) in [5.74, 6) is 0.0596. The fourth-order valence-corrected chi connectivity index (χ4v) is 2.24. The average Bonchev–Trinajstić information content (AvgIpc) is 2.55. The SMILES string of the molecule is Cc1ccccc1NCC(=O)N/N=C(\c1ccccc1)C(C)C. The highest BCUT2D eigenvalue weighted by atomic mass is 16.2. The molecule has 120 valence electrons. The molecule has 0 aliphatic heterocycles. The molecule has 0 heterocycles. The van der Waals surface area contributed by atoms with Crippen LogP contribution >= 0.6 is 0 Å². The Bertz CT molecular complexity index is 678. The number of amides is 1. The second-order valence-electron chi connectivity index (χ2n) is 5.72. The number of carbonyl (C=O) groups is 1. The number of benzene rings is 2. The Morgan fingerprint density at radius 1 is 1.04 bits per heavy atom. The van der Waals surface area contributed by atoms with Gasteiger partial charge in [0, 0.05) is 5.69 Å². The second-order valence-corrected chi connectivity index (χ2v) is 5.72. The minimum atomic E-state index is -0.165. The second kappa shape index (κ2) is 8.13. The monoisotopic (exact) mass is 309 g/mol. The zero-order valence-corrected chi connectivity index (χ0v) is 13.8. The van der Waals surface area contributed by atoms with E-state index in [1.54, 1.807) is 0 Å². The molecule has 0 radical (unpaired) electrons. The van der Waals surface area contributed by atoms with Gasteiger partial charge in [0.1, 0.15) is 0 Å². The van der Waals surface area contributed by atoms with E-state index in [4.69, 9.17) is 0 Å². The van der Waals surface area contributed by atoms with Crippen molar-refractivity contribution in [3.8, 4) is 0 Å². The van der Waals surface area contributed by atoms with E-state index in [0.717, 1.165) is 22.5 Å². The van der Waals surface area contributed by atoms with Gasteiger partial charge in [-0.3, -0.25) is 4.79 Å². The first-order valence-corrected chi connectivity index (χ1v) is 7.79. The van der Waals surface area contributed by atoms with Crippen LogP contribution in [0.1, 0.15) is 25.0 Å². The summed E-state index contributed by atoms with van der Waals surface area (Å²) in [4.78, 5) is 12.0. The Labute approximate surface area is 137 Å². The van der Waals surface area contributed by atoms with Crippen molar-refractivity contribution in [3.63, 3.8) is 0 Å². The number of hydrazone groups is 1. The van der Waals surface area contributed by atoms with Crippen LogP contribution in [0.15, 0.2) is 59.7 Å². The maximum Gasteiger partial charge on any atom is 0.259 e. The van der Waals surface area contributed by atoms with E-state index in [1.165, 1.54) is 0 Å². The number of aryl methyl sites for hydroxylation is 1. The van der Waals surface area contributed by atoms with Gasteiger partial charge in [0.2, 0.25) is 0 Å². The summed E-state index contributed by atoms with van der Waals surface area (Å²) in [5.41, 5.74) is 6.60. The van der Waals surface area contributed by atoms with E-state index in [1.807, 2.05) is 61.5 Å². The molecule has 0 unspecified atom stereocenters. The summed E-state index contributed by atoms with van der Waals surface area (Å²) in [6.07, 6.45) is 0. The molecule has 0 aliphatic carbocycles. The number of anilines is 1. The van der Waals surface area contributed by atoms with E-state index in [-0.39, 0.29) is 18.4 Å². The first kappa shape index (κ1) is 16.7. The van der Waals surface area contributed by atoms with Gasteiger partial charge in [-0.25, -0.2) is 5.43 Å². The molecule has 4 nitrogen and oxygen atoms in total. The van der Waals surface area contributed by atoms with E-state index in [9.17, 15) is 4.79 Å². The van der Waals surface area contributed by atoms with Gasteiger partial charge in [0.15, 0.2) is 0 Å². The Hall–Kier alpha value is -2.62. The fraction of sp³-hybridized carbons (Fsp3) is 0.263. The fourth-order valence-electron chi connectivity index (χ4n) is 2.24. The molecule has 1 amide bonds.